The Labute approximate surface area is 180 Å². The normalized spacial score (nSPS) is 11.9. The van der Waals surface area contributed by atoms with Gasteiger partial charge in [0.1, 0.15) is 10.9 Å². The number of nitrogens with one attached hydrogen (secondary N) is 1. The van der Waals surface area contributed by atoms with E-state index in [1.54, 1.807) is 36.4 Å². The van der Waals surface area contributed by atoms with E-state index in [1.165, 1.54) is 18.4 Å². The van der Waals surface area contributed by atoms with Crippen LogP contribution in [0.4, 0.5) is 0 Å². The summed E-state index contributed by atoms with van der Waals surface area (Å²) in [5, 5.41) is 0.277. The summed E-state index contributed by atoms with van der Waals surface area (Å²) in [5.74, 6) is -1.22. The van der Waals surface area contributed by atoms with Crippen molar-refractivity contribution in [2.24, 2.45) is 0 Å². The summed E-state index contributed by atoms with van der Waals surface area (Å²) in [4.78, 5) is 55.2. The van der Waals surface area contributed by atoms with E-state index in [1.807, 2.05) is 30.3 Å². The maximum atomic E-state index is 13.3. The molecule has 7 nitrogen and oxygen atoms in total. The van der Waals surface area contributed by atoms with Crippen molar-refractivity contribution in [3.8, 4) is 10.4 Å². The summed E-state index contributed by atoms with van der Waals surface area (Å²) in [7, 11) is 1.19. The molecule has 1 atom stereocenters. The first-order chi connectivity index (χ1) is 15.0. The van der Waals surface area contributed by atoms with Gasteiger partial charge in [-0.25, -0.2) is 9.36 Å². The monoisotopic (exact) mass is 434 g/mol. The molecule has 8 heteroatoms. The third kappa shape index (κ3) is 3.97. The van der Waals surface area contributed by atoms with Gasteiger partial charge in [0.2, 0.25) is 0 Å². The third-order valence-corrected chi connectivity index (χ3v) is 6.04. The smallest absolute Gasteiger partial charge is 0.330 e. The zero-order chi connectivity index (χ0) is 22.0. The molecule has 0 saturated carbocycles. The molecular formula is C23H18N2O5S. The van der Waals surface area contributed by atoms with Gasteiger partial charge in [-0.15, -0.1) is 11.3 Å². The Morgan fingerprint density at radius 1 is 1.03 bits per heavy atom. The average Bonchev–Trinajstić information content (AvgIpc) is 3.23. The van der Waals surface area contributed by atoms with Gasteiger partial charge < -0.3 is 4.74 Å². The molecule has 2 heterocycles. The van der Waals surface area contributed by atoms with Gasteiger partial charge in [0.25, 0.3) is 5.56 Å². The molecule has 0 radical (unpaired) electrons. The Morgan fingerprint density at radius 3 is 2.32 bits per heavy atom. The second kappa shape index (κ2) is 8.53. The first-order valence-corrected chi connectivity index (χ1v) is 10.3. The molecule has 0 bridgehead atoms. The summed E-state index contributed by atoms with van der Waals surface area (Å²) in [6.07, 6.45) is -0.436. The van der Waals surface area contributed by atoms with Crippen LogP contribution in [0.25, 0.3) is 20.7 Å². The molecule has 2 aromatic heterocycles. The molecule has 31 heavy (non-hydrogen) atoms. The number of thiophene rings is 1. The zero-order valence-electron chi connectivity index (χ0n) is 16.5. The van der Waals surface area contributed by atoms with Crippen LogP contribution in [0.15, 0.2) is 76.3 Å². The van der Waals surface area contributed by atoms with Crippen molar-refractivity contribution in [2.75, 3.05) is 7.11 Å². The quantitative estimate of drug-likeness (QED) is 0.370. The number of hydrogen-bond acceptors (Lipinski definition) is 6. The number of fused-ring (bicyclic) bond motifs is 1. The van der Waals surface area contributed by atoms with Crippen LogP contribution in [0.3, 0.4) is 0 Å². The standard InChI is InChI=1S/C23H18N2O5S/c1-30-19(26)13-17(20(27)15-10-6-3-7-11-15)25-22(28)16-12-18(14-8-4-2-5-9-14)31-21(16)24-23(25)29/h2-12,17H,13H2,1H3,(H,24,29). The van der Waals surface area contributed by atoms with Crippen molar-refractivity contribution in [1.29, 1.82) is 0 Å². The SMILES string of the molecule is COC(=O)CC(C(=O)c1ccccc1)n1c(=O)[nH]c2sc(-c3ccccc3)cc2c1=O. The summed E-state index contributed by atoms with van der Waals surface area (Å²) in [6, 6.07) is 18.0. The number of esters is 1. The predicted octanol–water partition coefficient (Wildman–Crippen LogP) is 3.41. The molecule has 4 rings (SSSR count). The maximum Gasteiger partial charge on any atom is 0.330 e. The molecule has 0 aliphatic heterocycles. The number of hydrogen-bond donors (Lipinski definition) is 1. The van der Waals surface area contributed by atoms with Gasteiger partial charge in [-0.3, -0.25) is 19.4 Å². The van der Waals surface area contributed by atoms with E-state index in [4.69, 9.17) is 4.74 Å². The van der Waals surface area contributed by atoms with Crippen molar-refractivity contribution < 1.29 is 14.3 Å². The largest absolute Gasteiger partial charge is 0.469 e. The van der Waals surface area contributed by atoms with Crippen molar-refractivity contribution in [1.82, 2.24) is 9.55 Å². The minimum atomic E-state index is -1.32. The number of aromatic amines is 1. The summed E-state index contributed by atoms with van der Waals surface area (Å²) >= 11 is 1.28. The lowest BCUT2D eigenvalue weighted by Gasteiger charge is -2.17. The molecular weight excluding hydrogens is 416 g/mol. The van der Waals surface area contributed by atoms with Crippen LogP contribution in [0.5, 0.6) is 0 Å². The van der Waals surface area contributed by atoms with Gasteiger partial charge in [-0.2, -0.15) is 0 Å². The minimum absolute atomic E-state index is 0.277. The van der Waals surface area contributed by atoms with Crippen LogP contribution in [0.2, 0.25) is 0 Å². The van der Waals surface area contributed by atoms with E-state index >= 15 is 0 Å². The number of H-pyrrole nitrogens is 1. The van der Waals surface area contributed by atoms with Crippen molar-refractivity contribution in [2.45, 2.75) is 12.5 Å². The van der Waals surface area contributed by atoms with Gasteiger partial charge in [-0.05, 0) is 11.6 Å². The Kier molecular flexibility index (Phi) is 5.64. The fourth-order valence-electron chi connectivity index (χ4n) is 3.39. The number of carbonyl (C=O) groups excluding carboxylic acids is 2. The van der Waals surface area contributed by atoms with Crippen LogP contribution >= 0.6 is 11.3 Å². The van der Waals surface area contributed by atoms with E-state index in [0.717, 1.165) is 15.0 Å². The number of benzene rings is 2. The molecule has 0 aliphatic carbocycles. The molecule has 0 aliphatic rings. The zero-order valence-corrected chi connectivity index (χ0v) is 17.3. The van der Waals surface area contributed by atoms with Gasteiger partial charge in [0.05, 0.1) is 18.9 Å². The predicted molar refractivity (Wildman–Crippen MR) is 119 cm³/mol. The number of ketones is 1. The highest BCUT2D eigenvalue weighted by atomic mass is 32.1. The molecule has 0 amide bonds. The number of methoxy groups -OCH3 is 1. The van der Waals surface area contributed by atoms with E-state index < -0.39 is 35.5 Å². The van der Waals surface area contributed by atoms with Gasteiger partial charge in [-0.1, -0.05) is 60.7 Å². The topological polar surface area (TPSA) is 98.2 Å². The molecule has 0 fully saturated rings. The third-order valence-electron chi connectivity index (χ3n) is 4.94. The van der Waals surface area contributed by atoms with Gasteiger partial charge in [0, 0.05) is 10.4 Å². The fraction of sp³-hybridized carbons (Fsp3) is 0.130. The highest BCUT2D eigenvalue weighted by Gasteiger charge is 2.29. The van der Waals surface area contributed by atoms with Crippen LogP contribution in [-0.4, -0.2) is 28.4 Å². The number of aromatic nitrogens is 2. The minimum Gasteiger partial charge on any atom is -0.469 e. The second-order valence-corrected chi connectivity index (χ2v) is 7.90. The van der Waals surface area contributed by atoms with Crippen molar-refractivity contribution in [3.05, 3.63) is 93.1 Å². The molecule has 0 saturated heterocycles. The Hall–Kier alpha value is -3.78. The first-order valence-electron chi connectivity index (χ1n) is 9.49. The van der Waals surface area contributed by atoms with E-state index in [9.17, 15) is 19.2 Å². The summed E-state index contributed by atoms with van der Waals surface area (Å²) in [6.45, 7) is 0. The fourth-order valence-corrected chi connectivity index (χ4v) is 4.43. The van der Waals surface area contributed by atoms with Crippen molar-refractivity contribution >= 4 is 33.3 Å². The Bertz CT molecular complexity index is 1370. The first kappa shape index (κ1) is 20.5. The van der Waals surface area contributed by atoms with Crippen LogP contribution in [-0.2, 0) is 9.53 Å². The number of ether oxygens (including phenoxy) is 1. The summed E-state index contributed by atoms with van der Waals surface area (Å²) in [5.41, 5.74) is -0.187. The lowest BCUT2D eigenvalue weighted by atomic mass is 10.0. The van der Waals surface area contributed by atoms with Crippen molar-refractivity contribution in [3.63, 3.8) is 0 Å². The van der Waals surface area contributed by atoms with Gasteiger partial charge in [0.15, 0.2) is 5.78 Å². The molecule has 0 spiro atoms. The highest BCUT2D eigenvalue weighted by Crippen LogP contribution is 2.30. The molecule has 4 aromatic rings. The van der Waals surface area contributed by atoms with E-state index in [0.29, 0.717) is 4.83 Å². The van der Waals surface area contributed by atoms with Crippen LogP contribution in [0, 0.1) is 0 Å². The van der Waals surface area contributed by atoms with Crippen LogP contribution < -0.4 is 11.2 Å². The van der Waals surface area contributed by atoms with E-state index in [-0.39, 0.29) is 10.9 Å². The second-order valence-electron chi connectivity index (χ2n) is 6.85. The lowest BCUT2D eigenvalue weighted by Crippen LogP contribution is -2.41. The molecule has 156 valence electrons. The number of nitrogens with zero attached hydrogens (tertiary/aromatic N) is 1. The van der Waals surface area contributed by atoms with Crippen LogP contribution in [0.1, 0.15) is 22.8 Å². The average molecular weight is 434 g/mol. The highest BCUT2D eigenvalue weighted by molar-refractivity contribution is 7.21. The maximum absolute atomic E-state index is 13.3. The van der Waals surface area contributed by atoms with E-state index in [2.05, 4.69) is 4.98 Å². The lowest BCUT2D eigenvalue weighted by molar-refractivity contribution is -0.141. The molecule has 1 unspecified atom stereocenters. The molecule has 2 aromatic carbocycles. The number of Topliss-reactive ketones (excluding diaryl/α,β-unsaturated/α-hetero) is 1. The Balaban J connectivity index is 1.88. The molecule has 1 N–H and O–H groups in total. The summed E-state index contributed by atoms with van der Waals surface area (Å²) < 4.78 is 5.52. The van der Waals surface area contributed by atoms with Gasteiger partial charge >= 0.3 is 11.7 Å². The number of rotatable bonds is 6. The number of carbonyl (C=O) groups is 2. The Morgan fingerprint density at radius 2 is 1.68 bits per heavy atom.